The first-order valence-corrected chi connectivity index (χ1v) is 13.0. The Morgan fingerprint density at radius 3 is 2.61 bits per heavy atom. The van der Waals surface area contributed by atoms with E-state index in [-0.39, 0.29) is 23.8 Å². The number of amides is 4. The topological polar surface area (TPSA) is 144 Å². The molecule has 1 atom stereocenters. The molecule has 4 rings (SSSR count). The molecule has 38 heavy (non-hydrogen) atoms. The van der Waals surface area contributed by atoms with Gasteiger partial charge < -0.3 is 30.9 Å². The third-order valence-corrected chi connectivity index (χ3v) is 6.69. The van der Waals surface area contributed by atoms with Gasteiger partial charge in [-0.2, -0.15) is 0 Å². The van der Waals surface area contributed by atoms with Crippen LogP contribution in [0.15, 0.2) is 42.7 Å². The highest BCUT2D eigenvalue weighted by Crippen LogP contribution is 2.32. The van der Waals surface area contributed by atoms with Crippen molar-refractivity contribution < 1.29 is 24.3 Å². The van der Waals surface area contributed by atoms with Gasteiger partial charge in [0.15, 0.2) is 0 Å². The van der Waals surface area contributed by atoms with Crippen LogP contribution in [0, 0.1) is 5.92 Å². The molecule has 2 aromatic rings. The molecule has 0 spiro atoms. The Hall–Kier alpha value is -4.15. The van der Waals surface area contributed by atoms with Gasteiger partial charge in [0.1, 0.15) is 0 Å². The lowest BCUT2D eigenvalue weighted by Crippen LogP contribution is -2.36. The van der Waals surface area contributed by atoms with E-state index in [0.717, 1.165) is 24.9 Å². The second-order valence-electron chi connectivity index (χ2n) is 9.57. The Balaban J connectivity index is 1.55. The number of pyridine rings is 1. The predicted octanol–water partition coefficient (Wildman–Crippen LogP) is 2.62. The molecule has 1 aliphatic carbocycles. The van der Waals surface area contributed by atoms with Crippen molar-refractivity contribution in [3.63, 3.8) is 0 Å². The van der Waals surface area contributed by atoms with Crippen molar-refractivity contribution in [1.82, 2.24) is 20.5 Å². The molecule has 4 N–H and O–H groups in total. The largest absolute Gasteiger partial charge is 0.481 e. The molecule has 4 amide bonds. The van der Waals surface area contributed by atoms with Gasteiger partial charge >= 0.3 is 12.0 Å². The molecule has 1 aliphatic heterocycles. The quantitative estimate of drug-likeness (QED) is 0.396. The highest BCUT2D eigenvalue weighted by molar-refractivity contribution is 6.00. The molecular weight excluding hydrogens is 488 g/mol. The number of hydrogen-bond donors (Lipinski definition) is 4. The van der Waals surface area contributed by atoms with Crippen LogP contribution in [0.3, 0.4) is 0 Å². The summed E-state index contributed by atoms with van der Waals surface area (Å²) in [5, 5.41) is 17.7. The summed E-state index contributed by atoms with van der Waals surface area (Å²) >= 11 is 0. The molecule has 2 aliphatic rings. The number of rotatable bonds is 9. The average molecular weight is 523 g/mol. The molecule has 1 aromatic heterocycles. The molecule has 0 radical (unpaired) electrons. The number of carboxylic acid groups (broad SMARTS) is 1. The first-order valence-electron chi connectivity index (χ1n) is 13.0. The summed E-state index contributed by atoms with van der Waals surface area (Å²) in [5.74, 6) is -1.12. The van der Waals surface area contributed by atoms with Crippen LogP contribution in [0.5, 0.6) is 0 Å². The fourth-order valence-electron chi connectivity index (χ4n) is 4.60. The Labute approximate surface area is 221 Å². The van der Waals surface area contributed by atoms with Gasteiger partial charge in [-0.3, -0.25) is 19.4 Å². The number of carboxylic acids is 1. The van der Waals surface area contributed by atoms with Gasteiger partial charge in [0.05, 0.1) is 23.8 Å². The van der Waals surface area contributed by atoms with Gasteiger partial charge in [0, 0.05) is 56.6 Å². The van der Waals surface area contributed by atoms with Crippen LogP contribution in [0.1, 0.15) is 54.6 Å². The Morgan fingerprint density at radius 2 is 1.92 bits per heavy atom. The summed E-state index contributed by atoms with van der Waals surface area (Å²) < 4.78 is 0. The molecule has 2 heterocycles. The van der Waals surface area contributed by atoms with Crippen molar-refractivity contribution in [3.05, 3.63) is 53.9 Å². The maximum Gasteiger partial charge on any atom is 0.319 e. The van der Waals surface area contributed by atoms with E-state index in [2.05, 4.69) is 25.8 Å². The minimum absolute atomic E-state index is 0.172. The van der Waals surface area contributed by atoms with E-state index in [9.17, 15) is 24.3 Å². The van der Waals surface area contributed by atoms with Crippen molar-refractivity contribution in [3.8, 4) is 0 Å². The van der Waals surface area contributed by atoms with Crippen molar-refractivity contribution in [2.75, 3.05) is 42.9 Å². The zero-order valence-corrected chi connectivity index (χ0v) is 21.5. The smallest absolute Gasteiger partial charge is 0.319 e. The first-order chi connectivity index (χ1) is 18.4. The summed E-state index contributed by atoms with van der Waals surface area (Å²) in [4.78, 5) is 57.7. The third kappa shape index (κ3) is 6.99. The van der Waals surface area contributed by atoms with Gasteiger partial charge in [-0.1, -0.05) is 6.07 Å². The minimum atomic E-state index is -1.05. The Morgan fingerprint density at radius 1 is 1.11 bits per heavy atom. The number of benzene rings is 1. The fourth-order valence-corrected chi connectivity index (χ4v) is 4.60. The maximum absolute atomic E-state index is 13.2. The Kier molecular flexibility index (Phi) is 8.77. The van der Waals surface area contributed by atoms with Crippen LogP contribution in [0.25, 0.3) is 0 Å². The second kappa shape index (κ2) is 12.4. The first kappa shape index (κ1) is 26.9. The predicted molar refractivity (Wildman–Crippen MR) is 142 cm³/mol. The number of hydrogen-bond acceptors (Lipinski definition) is 6. The van der Waals surface area contributed by atoms with E-state index >= 15 is 0 Å². The van der Waals surface area contributed by atoms with Crippen LogP contribution in [0.4, 0.5) is 16.2 Å². The third-order valence-electron chi connectivity index (χ3n) is 6.69. The number of carbonyl (C=O) groups is 4. The van der Waals surface area contributed by atoms with Crippen LogP contribution in [0.2, 0.25) is 0 Å². The number of nitrogens with one attached hydrogen (secondary N) is 3. The molecule has 2 fully saturated rings. The van der Waals surface area contributed by atoms with Gasteiger partial charge in [-0.25, -0.2) is 4.79 Å². The molecule has 1 aromatic carbocycles. The normalized spacial score (nSPS) is 16.2. The fraction of sp³-hybridized carbons (Fsp3) is 0.444. The zero-order valence-electron chi connectivity index (χ0n) is 21.5. The van der Waals surface area contributed by atoms with Crippen LogP contribution in [-0.4, -0.2) is 71.5 Å². The second-order valence-corrected chi connectivity index (χ2v) is 9.57. The lowest BCUT2D eigenvalue weighted by molar-refractivity contribution is -0.137. The van der Waals surface area contributed by atoms with E-state index in [4.69, 9.17) is 0 Å². The van der Waals surface area contributed by atoms with Crippen LogP contribution in [-0.2, 0) is 9.59 Å². The standard InChI is InChI=1S/C27H34N6O5/c1-2-29-27(38)31-22-15-19(25(36)30-21(16-24(34)35)20-5-3-10-28-17-20)8-9-23(22)32-11-4-12-33(14-13-32)26(37)18-6-7-18/h3,5,8-10,15,17-18,21H,2,4,6-7,11-14,16H2,1H3,(H,30,36)(H,34,35)(H2,29,31,38). The molecule has 1 saturated carbocycles. The lowest BCUT2D eigenvalue weighted by atomic mass is 10.0. The van der Waals surface area contributed by atoms with Gasteiger partial charge in [0.2, 0.25) is 5.91 Å². The highest BCUT2D eigenvalue weighted by Gasteiger charge is 2.34. The van der Waals surface area contributed by atoms with Crippen molar-refractivity contribution >= 4 is 35.2 Å². The lowest BCUT2D eigenvalue weighted by Gasteiger charge is -2.27. The number of aliphatic carboxylic acids is 1. The molecule has 11 nitrogen and oxygen atoms in total. The molecule has 1 saturated heterocycles. The molecule has 0 bridgehead atoms. The number of aromatic nitrogens is 1. The summed E-state index contributed by atoms with van der Waals surface area (Å²) in [6.07, 6.45) is 5.53. The summed E-state index contributed by atoms with van der Waals surface area (Å²) in [7, 11) is 0. The zero-order chi connectivity index (χ0) is 27.1. The number of anilines is 2. The van der Waals surface area contributed by atoms with Gasteiger partial charge in [-0.05, 0) is 56.0 Å². The van der Waals surface area contributed by atoms with E-state index < -0.39 is 23.9 Å². The molecule has 202 valence electrons. The number of carbonyl (C=O) groups excluding carboxylic acids is 3. The van der Waals surface area contributed by atoms with E-state index in [1.54, 1.807) is 36.5 Å². The van der Waals surface area contributed by atoms with E-state index in [1.165, 1.54) is 6.20 Å². The van der Waals surface area contributed by atoms with Crippen LogP contribution < -0.4 is 20.9 Å². The highest BCUT2D eigenvalue weighted by atomic mass is 16.4. The van der Waals surface area contributed by atoms with Crippen molar-refractivity contribution in [1.29, 1.82) is 0 Å². The molecule has 11 heteroatoms. The molecular formula is C27H34N6O5. The van der Waals surface area contributed by atoms with Crippen LogP contribution >= 0.6 is 0 Å². The average Bonchev–Trinajstić information content (AvgIpc) is 3.76. The summed E-state index contributed by atoms with van der Waals surface area (Å²) in [6, 6.07) is 7.26. The number of urea groups is 1. The maximum atomic E-state index is 13.2. The minimum Gasteiger partial charge on any atom is -0.481 e. The van der Waals surface area contributed by atoms with E-state index in [0.29, 0.717) is 44.0 Å². The number of nitrogens with zero attached hydrogens (tertiary/aromatic N) is 3. The van der Waals surface area contributed by atoms with E-state index in [1.807, 2.05) is 11.8 Å². The monoisotopic (exact) mass is 522 g/mol. The van der Waals surface area contributed by atoms with Gasteiger partial charge in [-0.15, -0.1) is 0 Å². The van der Waals surface area contributed by atoms with Crippen molar-refractivity contribution in [2.45, 2.75) is 38.6 Å². The Bertz CT molecular complexity index is 1170. The summed E-state index contributed by atoms with van der Waals surface area (Å²) in [5.41, 5.74) is 2.07. The SMILES string of the molecule is CCNC(=O)Nc1cc(C(=O)NC(CC(=O)O)c2cccnc2)ccc1N1CCCN(C(=O)C2CC2)CC1. The molecule has 1 unspecified atom stereocenters. The summed E-state index contributed by atoms with van der Waals surface area (Å²) in [6.45, 7) is 4.85. The van der Waals surface area contributed by atoms with Crippen molar-refractivity contribution in [2.24, 2.45) is 5.92 Å². The van der Waals surface area contributed by atoms with Gasteiger partial charge in [0.25, 0.3) is 5.91 Å².